The number of nitrogens with one attached hydrogen (secondary N) is 2. The third-order valence-corrected chi connectivity index (χ3v) is 7.56. The summed E-state index contributed by atoms with van der Waals surface area (Å²) in [5, 5.41) is 5.32. The third-order valence-electron chi connectivity index (χ3n) is 5.61. The third kappa shape index (κ3) is 6.70. The summed E-state index contributed by atoms with van der Waals surface area (Å²) in [6.45, 7) is 3.63. The average molecular weight is 479 g/mol. The number of rotatable bonds is 7. The topological polar surface area (TPSA) is 97.9 Å². The lowest BCUT2D eigenvalue weighted by atomic mass is 10.0. The number of carbonyl (C=O) groups is 1. The van der Waals surface area contributed by atoms with Crippen LogP contribution in [0.15, 0.2) is 36.5 Å². The van der Waals surface area contributed by atoms with Gasteiger partial charge in [0.2, 0.25) is 0 Å². The molecule has 2 amide bonds. The number of likely N-dealkylation sites (N-methyl/N-ethyl adjacent to an activating group) is 1. The number of hydrogen-bond acceptors (Lipinski definition) is 5. The van der Waals surface area contributed by atoms with Crippen molar-refractivity contribution in [2.24, 2.45) is 0 Å². The smallest absolute Gasteiger partial charge is 0.308 e. The summed E-state index contributed by atoms with van der Waals surface area (Å²) in [5.41, 5.74) is 2.40. The molecule has 1 saturated heterocycles. The van der Waals surface area contributed by atoms with E-state index in [1.165, 1.54) is 34.8 Å². The zero-order valence-electron chi connectivity index (χ0n) is 19.4. The molecular formula is C22H31FN6O3S. The van der Waals surface area contributed by atoms with E-state index in [0.29, 0.717) is 30.0 Å². The van der Waals surface area contributed by atoms with Gasteiger partial charge in [0.05, 0.1) is 11.9 Å². The highest BCUT2D eigenvalue weighted by atomic mass is 32.2. The van der Waals surface area contributed by atoms with E-state index >= 15 is 0 Å². The standard InChI is InChI=1S/C22H31FN6O3S/c1-16-7-8-19(13-24-16)25-22(30)26-20-11-17(10-18(23)12-20)14-29-9-5-6-21(15-29)28(4)33(31,32)27(2)3/h7-8,10-13,21H,5-6,9,14-15H2,1-4H3,(H2,25,26,30)/t21-/m0/s1. The van der Waals surface area contributed by atoms with Crippen molar-refractivity contribution in [2.45, 2.75) is 32.4 Å². The number of anilines is 2. The van der Waals surface area contributed by atoms with Gasteiger partial charge in [-0.1, -0.05) is 0 Å². The molecule has 1 aromatic carbocycles. The van der Waals surface area contributed by atoms with E-state index in [2.05, 4.69) is 20.5 Å². The zero-order chi connectivity index (χ0) is 24.2. The van der Waals surface area contributed by atoms with Gasteiger partial charge in [0.15, 0.2) is 0 Å². The monoisotopic (exact) mass is 478 g/mol. The summed E-state index contributed by atoms with van der Waals surface area (Å²) >= 11 is 0. The highest BCUT2D eigenvalue weighted by Gasteiger charge is 2.31. The summed E-state index contributed by atoms with van der Waals surface area (Å²) in [7, 11) is 1.11. The molecule has 1 atom stereocenters. The number of likely N-dealkylation sites (tertiary alicyclic amines) is 1. The number of aromatic nitrogens is 1. The molecule has 0 aliphatic carbocycles. The van der Waals surface area contributed by atoms with Gasteiger partial charge in [-0.15, -0.1) is 0 Å². The number of hydrogen-bond donors (Lipinski definition) is 2. The van der Waals surface area contributed by atoms with Crippen LogP contribution >= 0.6 is 0 Å². The number of carbonyl (C=O) groups excluding carboxylic acids is 1. The highest BCUT2D eigenvalue weighted by Crippen LogP contribution is 2.22. The van der Waals surface area contributed by atoms with Crippen LogP contribution in [0.2, 0.25) is 0 Å². The number of urea groups is 1. The number of aryl methyl sites for hydroxylation is 1. The van der Waals surface area contributed by atoms with Gasteiger partial charge in [-0.25, -0.2) is 9.18 Å². The van der Waals surface area contributed by atoms with Crippen molar-refractivity contribution in [2.75, 3.05) is 44.9 Å². The Kier molecular flexibility index (Phi) is 8.01. The van der Waals surface area contributed by atoms with Gasteiger partial charge in [-0.2, -0.15) is 17.0 Å². The van der Waals surface area contributed by atoms with E-state index in [0.717, 1.165) is 25.1 Å². The molecule has 0 unspecified atom stereocenters. The summed E-state index contributed by atoms with van der Waals surface area (Å²) in [5.74, 6) is -0.458. The largest absolute Gasteiger partial charge is 0.323 e. The van der Waals surface area contributed by atoms with Gasteiger partial charge in [0.25, 0.3) is 10.2 Å². The fourth-order valence-corrected chi connectivity index (χ4v) is 4.89. The molecule has 1 aliphatic rings. The van der Waals surface area contributed by atoms with E-state index in [-0.39, 0.29) is 6.04 Å². The average Bonchev–Trinajstić information content (AvgIpc) is 2.74. The first-order valence-corrected chi connectivity index (χ1v) is 12.1. The van der Waals surface area contributed by atoms with E-state index in [9.17, 15) is 17.6 Å². The minimum atomic E-state index is -3.51. The van der Waals surface area contributed by atoms with Crippen molar-refractivity contribution in [3.05, 3.63) is 53.6 Å². The van der Waals surface area contributed by atoms with Gasteiger partial charge in [0, 0.05) is 51.7 Å². The van der Waals surface area contributed by atoms with E-state index in [1.54, 1.807) is 31.4 Å². The van der Waals surface area contributed by atoms with Gasteiger partial charge >= 0.3 is 6.03 Å². The molecule has 9 nitrogen and oxygen atoms in total. The highest BCUT2D eigenvalue weighted by molar-refractivity contribution is 7.86. The first-order chi connectivity index (χ1) is 15.5. The lowest BCUT2D eigenvalue weighted by Gasteiger charge is -2.37. The summed E-state index contributed by atoms with van der Waals surface area (Å²) in [4.78, 5) is 18.5. The van der Waals surface area contributed by atoms with Crippen molar-refractivity contribution >= 4 is 27.6 Å². The lowest BCUT2D eigenvalue weighted by Crippen LogP contribution is -2.50. The molecule has 2 aromatic rings. The minimum absolute atomic E-state index is 0.161. The lowest BCUT2D eigenvalue weighted by molar-refractivity contribution is 0.150. The van der Waals surface area contributed by atoms with Crippen molar-refractivity contribution in [3.63, 3.8) is 0 Å². The van der Waals surface area contributed by atoms with Crippen molar-refractivity contribution in [3.8, 4) is 0 Å². The van der Waals surface area contributed by atoms with Crippen molar-refractivity contribution < 1.29 is 17.6 Å². The number of amides is 2. The number of piperidine rings is 1. The van der Waals surface area contributed by atoms with Gasteiger partial charge in [-0.3, -0.25) is 9.88 Å². The first-order valence-electron chi connectivity index (χ1n) is 10.7. The van der Waals surface area contributed by atoms with Crippen molar-refractivity contribution in [1.82, 2.24) is 18.5 Å². The fraction of sp³-hybridized carbons (Fsp3) is 0.455. The molecule has 11 heteroatoms. The van der Waals surface area contributed by atoms with E-state index in [1.807, 2.05) is 6.92 Å². The predicted octanol–water partition coefficient (Wildman–Crippen LogP) is 2.88. The van der Waals surface area contributed by atoms with Crippen LogP contribution in [0.4, 0.5) is 20.6 Å². The normalized spacial score (nSPS) is 17.4. The predicted molar refractivity (Wildman–Crippen MR) is 127 cm³/mol. The Balaban J connectivity index is 1.64. The summed E-state index contributed by atoms with van der Waals surface area (Å²) in [6.07, 6.45) is 3.15. The van der Waals surface area contributed by atoms with E-state index < -0.39 is 22.1 Å². The Morgan fingerprint density at radius 1 is 1.18 bits per heavy atom. The fourth-order valence-electron chi connectivity index (χ4n) is 3.82. The van der Waals surface area contributed by atoms with Gasteiger partial charge in [-0.05, 0) is 62.2 Å². The van der Waals surface area contributed by atoms with Crippen molar-refractivity contribution in [1.29, 1.82) is 0 Å². The molecule has 2 N–H and O–H groups in total. The van der Waals surface area contributed by atoms with E-state index in [4.69, 9.17) is 0 Å². The maximum absolute atomic E-state index is 14.3. The Labute approximate surface area is 194 Å². The molecule has 0 spiro atoms. The molecule has 180 valence electrons. The molecule has 1 aliphatic heterocycles. The van der Waals surface area contributed by atoms with Crippen LogP contribution in [0, 0.1) is 12.7 Å². The Hall–Kier alpha value is -2.60. The van der Waals surface area contributed by atoms with Crippen LogP contribution in [-0.2, 0) is 16.8 Å². The second-order valence-corrected chi connectivity index (χ2v) is 10.7. The first kappa shape index (κ1) is 25.0. The molecule has 2 heterocycles. The number of nitrogens with zero attached hydrogens (tertiary/aromatic N) is 4. The maximum atomic E-state index is 14.3. The second kappa shape index (κ2) is 10.6. The summed E-state index contributed by atoms with van der Waals surface area (Å²) < 4.78 is 41.8. The molecule has 0 radical (unpaired) electrons. The maximum Gasteiger partial charge on any atom is 0.323 e. The van der Waals surface area contributed by atoms with Gasteiger partial charge in [0.1, 0.15) is 5.82 Å². The number of benzene rings is 1. The van der Waals surface area contributed by atoms with Crippen LogP contribution in [-0.4, -0.2) is 73.2 Å². The van der Waals surface area contributed by atoms with Crippen LogP contribution in [0.25, 0.3) is 0 Å². The molecule has 0 saturated carbocycles. The van der Waals surface area contributed by atoms with Crippen LogP contribution < -0.4 is 10.6 Å². The molecule has 1 aromatic heterocycles. The van der Waals surface area contributed by atoms with Crippen LogP contribution in [0.3, 0.4) is 0 Å². The quantitative estimate of drug-likeness (QED) is 0.638. The molecular weight excluding hydrogens is 447 g/mol. The molecule has 0 bridgehead atoms. The van der Waals surface area contributed by atoms with Crippen LogP contribution in [0.5, 0.6) is 0 Å². The molecule has 3 rings (SSSR count). The minimum Gasteiger partial charge on any atom is -0.308 e. The Morgan fingerprint density at radius 3 is 2.58 bits per heavy atom. The molecule has 33 heavy (non-hydrogen) atoms. The number of halogens is 1. The number of pyridine rings is 1. The Morgan fingerprint density at radius 2 is 1.91 bits per heavy atom. The molecule has 1 fully saturated rings. The van der Waals surface area contributed by atoms with Crippen LogP contribution in [0.1, 0.15) is 24.1 Å². The zero-order valence-corrected chi connectivity index (χ0v) is 20.2. The summed E-state index contributed by atoms with van der Waals surface area (Å²) in [6, 6.07) is 7.27. The second-order valence-electron chi connectivity index (χ2n) is 8.45. The Bertz CT molecular complexity index is 1080. The van der Waals surface area contributed by atoms with Gasteiger partial charge < -0.3 is 10.6 Å². The SMILES string of the molecule is Cc1ccc(NC(=O)Nc2cc(F)cc(CN3CCC[C@H](N(C)S(=O)(=O)N(C)C)C3)c2)cn1.